The van der Waals surface area contributed by atoms with Crippen LogP contribution in [0.25, 0.3) is 11.3 Å². The number of aliphatic imine (C=N–C) groups is 1. The van der Waals surface area contributed by atoms with E-state index in [9.17, 15) is 24.5 Å². The Morgan fingerprint density at radius 1 is 0.825 bits per heavy atom. The molecule has 2 atom stereocenters. The van der Waals surface area contributed by atoms with Crippen molar-refractivity contribution >= 4 is 69.6 Å². The van der Waals surface area contributed by atoms with Crippen molar-refractivity contribution in [3.63, 3.8) is 0 Å². The van der Waals surface area contributed by atoms with Crippen LogP contribution in [0.15, 0.2) is 102 Å². The molecule has 17 nitrogen and oxygen atoms in total. The van der Waals surface area contributed by atoms with E-state index < -0.39 is 22.7 Å². The van der Waals surface area contributed by atoms with Crippen molar-refractivity contribution in [2.24, 2.45) is 10.9 Å². The molecule has 4 heterocycles. The highest BCUT2D eigenvalue weighted by Crippen LogP contribution is 2.43. The summed E-state index contributed by atoms with van der Waals surface area (Å²) in [5.74, 6) is 0.459. The number of carbonyl (C=O) groups is 3. The highest BCUT2D eigenvalue weighted by molar-refractivity contribution is 6.32. The zero-order valence-electron chi connectivity index (χ0n) is 44.3. The maximum absolute atomic E-state index is 15.4. The molecular formula is C59H60Cl3FN8O9. The number of ether oxygens (including phenoxy) is 4. The second kappa shape index (κ2) is 26.9. The first-order valence-corrected chi connectivity index (χ1v) is 27.7. The van der Waals surface area contributed by atoms with Gasteiger partial charge in [0.1, 0.15) is 29.6 Å². The van der Waals surface area contributed by atoms with Gasteiger partial charge < -0.3 is 34.1 Å². The summed E-state index contributed by atoms with van der Waals surface area (Å²) in [6, 6.07) is 23.0. The molecule has 3 aliphatic rings. The van der Waals surface area contributed by atoms with Crippen LogP contribution in [0.4, 0.5) is 15.9 Å². The number of nitrogens with one attached hydrogen (secondary N) is 1. The van der Waals surface area contributed by atoms with E-state index in [1.165, 1.54) is 32.5 Å². The third kappa shape index (κ3) is 13.9. The predicted molar refractivity (Wildman–Crippen MR) is 303 cm³/mol. The monoisotopic (exact) mass is 1150 g/mol. The van der Waals surface area contributed by atoms with E-state index >= 15 is 4.39 Å². The zero-order valence-corrected chi connectivity index (χ0v) is 46.6. The van der Waals surface area contributed by atoms with Crippen molar-refractivity contribution in [2.45, 2.75) is 76.4 Å². The minimum atomic E-state index is -0.526. The summed E-state index contributed by atoms with van der Waals surface area (Å²) >= 11 is 19.0. The molecule has 21 heteroatoms. The number of anilines is 1. The quantitative estimate of drug-likeness (QED) is 0.0209. The Labute approximate surface area is 477 Å². The van der Waals surface area contributed by atoms with E-state index in [0.717, 1.165) is 47.9 Å². The van der Waals surface area contributed by atoms with E-state index in [1.807, 2.05) is 35.2 Å². The molecule has 2 fully saturated rings. The van der Waals surface area contributed by atoms with Crippen LogP contribution in [0.2, 0.25) is 15.1 Å². The lowest BCUT2D eigenvalue weighted by atomic mass is 9.91. The Balaban J connectivity index is 0.718. The first-order chi connectivity index (χ1) is 38.8. The maximum atomic E-state index is 15.4. The first-order valence-electron chi connectivity index (χ1n) is 26.5. The van der Waals surface area contributed by atoms with E-state index in [2.05, 4.69) is 15.3 Å². The standard InChI is InChI=1S/C59H60Cl3FN8O9/c1-77-51-11-5-9-47(63)56(51)58-46-28-41(61)17-19-44(46)57-39(32-66-58)31-65-53(68-57)27-37-12-18-45(52(26-37)78-2)50(72)10-6-21-79-23-24-80-22-20-64-54(73)30-55(74)69-34-43(25-36-7-3-4-8-36)70(49(35-69)38-13-15-40(60)16-14-38)59-48(71(75)76)29-42(62)33-67-59/h5,9,11-19,26,28-29,31,33,36,43,49H,3-4,6-8,10,20-25,27,30,32,34-35H2,1-2H3,(H,64,73)/t43?,49-/m0/s1. The van der Waals surface area contributed by atoms with Crippen LogP contribution in [0.3, 0.4) is 0 Å². The lowest BCUT2D eigenvalue weighted by molar-refractivity contribution is -0.384. The SMILES string of the molecule is COc1cc(Cc2ncc3c(n2)-c2ccc(Cl)cc2C(c2c(F)cccc2OC)=NC3)ccc1C(=O)CCCOCCOCCNC(=O)CC(=O)N1CC(CC2CCCC2)N(c2ncc(Cl)cc2[N+](=O)[O-])[C@H](c2ccc(Cl)cc2)C1. The Kier molecular flexibility index (Phi) is 19.4. The number of fused-ring (bicyclic) bond motifs is 3. The Morgan fingerprint density at radius 3 is 2.35 bits per heavy atom. The average Bonchev–Trinajstić information content (AvgIpc) is 3.98. The van der Waals surface area contributed by atoms with Gasteiger partial charge in [-0.25, -0.2) is 19.3 Å². The van der Waals surface area contributed by atoms with Crippen LogP contribution in [0.5, 0.6) is 11.5 Å². The number of nitro groups is 1. The summed E-state index contributed by atoms with van der Waals surface area (Å²) in [6.45, 7) is 1.83. The first kappa shape index (κ1) is 57.6. The Morgan fingerprint density at radius 2 is 1.59 bits per heavy atom. The highest BCUT2D eigenvalue weighted by atomic mass is 35.5. The molecule has 1 saturated carbocycles. The lowest BCUT2D eigenvalue weighted by Gasteiger charge is -2.48. The van der Waals surface area contributed by atoms with E-state index in [4.69, 9.17) is 63.7 Å². The molecule has 2 amide bonds. The number of hydrogen-bond acceptors (Lipinski definition) is 14. The molecule has 1 saturated heterocycles. The third-order valence-corrected chi connectivity index (χ3v) is 15.3. The van der Waals surface area contributed by atoms with Gasteiger partial charge >= 0.3 is 5.69 Å². The normalized spacial score (nSPS) is 16.1. The molecule has 2 aliphatic heterocycles. The minimum absolute atomic E-state index is 0.102. The van der Waals surface area contributed by atoms with Gasteiger partial charge in [-0.15, -0.1) is 0 Å². The number of methoxy groups -OCH3 is 2. The van der Waals surface area contributed by atoms with Crippen molar-refractivity contribution < 1.29 is 42.6 Å². The van der Waals surface area contributed by atoms with Gasteiger partial charge in [-0.3, -0.25) is 29.5 Å². The summed E-state index contributed by atoms with van der Waals surface area (Å²) in [5.41, 5.74) is 5.23. The number of ketones is 1. The second-order valence-electron chi connectivity index (χ2n) is 19.9. The van der Waals surface area contributed by atoms with Crippen molar-refractivity contribution in [1.82, 2.24) is 25.2 Å². The van der Waals surface area contributed by atoms with E-state index in [0.29, 0.717) is 81.7 Å². The molecule has 6 aromatic rings. The third-order valence-electron chi connectivity index (χ3n) is 14.6. The number of nitrogens with zero attached hydrogens (tertiary/aromatic N) is 7. The number of rotatable bonds is 23. The van der Waals surface area contributed by atoms with Gasteiger partial charge in [-0.2, -0.15) is 0 Å². The Hall–Kier alpha value is -7.09. The van der Waals surface area contributed by atoms with Crippen molar-refractivity contribution in [1.29, 1.82) is 0 Å². The molecule has 80 heavy (non-hydrogen) atoms. The Bertz CT molecular complexity index is 3270. The number of aromatic nitrogens is 3. The zero-order chi connectivity index (χ0) is 56.3. The van der Waals surface area contributed by atoms with Crippen LogP contribution in [-0.4, -0.2) is 114 Å². The number of halogens is 4. The lowest BCUT2D eigenvalue weighted by Crippen LogP contribution is -2.57. The van der Waals surface area contributed by atoms with E-state index in [1.54, 1.807) is 53.6 Å². The van der Waals surface area contributed by atoms with Crippen LogP contribution in [-0.2, 0) is 32.0 Å². The van der Waals surface area contributed by atoms with Gasteiger partial charge in [-0.1, -0.05) is 90.8 Å². The van der Waals surface area contributed by atoms with Crippen molar-refractivity contribution in [3.05, 3.63) is 168 Å². The number of hydrogen-bond donors (Lipinski definition) is 1. The molecular weight excluding hydrogens is 1090 g/mol. The summed E-state index contributed by atoms with van der Waals surface area (Å²) < 4.78 is 38.0. The number of Topliss-reactive ketones (excluding diaryl/α,β-unsaturated/α-hetero) is 1. The number of piperazine rings is 1. The fraction of sp³-hybridized carbons (Fsp3) is 0.373. The molecule has 1 N–H and O–H groups in total. The van der Waals surface area contributed by atoms with Gasteiger partial charge in [0.2, 0.25) is 17.6 Å². The second-order valence-corrected chi connectivity index (χ2v) is 21.2. The number of amides is 2. The van der Waals surface area contributed by atoms with Gasteiger partial charge in [0.05, 0.1) is 79.1 Å². The van der Waals surface area contributed by atoms with Gasteiger partial charge in [0.15, 0.2) is 5.78 Å². The van der Waals surface area contributed by atoms with Gasteiger partial charge in [0.25, 0.3) is 0 Å². The molecule has 9 rings (SSSR count). The summed E-state index contributed by atoms with van der Waals surface area (Å²) in [5, 5.41) is 16.3. The summed E-state index contributed by atoms with van der Waals surface area (Å²) in [4.78, 5) is 74.9. The van der Waals surface area contributed by atoms with Crippen molar-refractivity contribution in [2.75, 3.05) is 65.2 Å². The fourth-order valence-corrected chi connectivity index (χ4v) is 11.3. The fourth-order valence-electron chi connectivity index (χ4n) is 10.8. The summed E-state index contributed by atoms with van der Waals surface area (Å²) in [7, 11) is 3.00. The van der Waals surface area contributed by atoms with Crippen LogP contribution >= 0.6 is 34.8 Å². The molecule has 1 unspecified atom stereocenters. The molecule has 4 aromatic carbocycles. The van der Waals surface area contributed by atoms with Gasteiger partial charge in [0, 0.05) is 90.3 Å². The van der Waals surface area contributed by atoms with Crippen LogP contribution in [0.1, 0.15) is 101 Å². The van der Waals surface area contributed by atoms with Crippen LogP contribution in [0, 0.1) is 21.8 Å². The highest BCUT2D eigenvalue weighted by Gasteiger charge is 2.42. The molecule has 2 aromatic heterocycles. The van der Waals surface area contributed by atoms with E-state index in [-0.39, 0.29) is 98.7 Å². The maximum Gasteiger partial charge on any atom is 0.313 e. The predicted octanol–water partition coefficient (Wildman–Crippen LogP) is 11.0. The molecule has 0 spiro atoms. The number of pyridine rings is 1. The number of carbonyl (C=O) groups excluding carboxylic acids is 3. The average molecular weight is 1150 g/mol. The number of benzene rings is 4. The largest absolute Gasteiger partial charge is 0.496 e. The minimum Gasteiger partial charge on any atom is -0.496 e. The molecule has 0 radical (unpaired) electrons. The smallest absolute Gasteiger partial charge is 0.313 e. The van der Waals surface area contributed by atoms with Crippen LogP contribution < -0.4 is 19.7 Å². The van der Waals surface area contributed by atoms with Gasteiger partial charge in [-0.05, 0) is 78.4 Å². The molecule has 418 valence electrons. The molecule has 1 aliphatic carbocycles. The summed E-state index contributed by atoms with van der Waals surface area (Å²) in [6.07, 6.45) is 8.71. The van der Waals surface area contributed by atoms with Crippen molar-refractivity contribution in [3.8, 4) is 22.8 Å². The topological polar surface area (TPSA) is 201 Å². The molecule has 0 bridgehead atoms.